The van der Waals surface area contributed by atoms with Gasteiger partial charge in [-0.05, 0) is 47.6 Å². The van der Waals surface area contributed by atoms with Crippen molar-refractivity contribution in [2.75, 3.05) is 23.3 Å². The predicted molar refractivity (Wildman–Crippen MR) is 90.6 cm³/mol. The summed E-state index contributed by atoms with van der Waals surface area (Å²) in [5.41, 5.74) is 0.652. The minimum Gasteiger partial charge on any atom is -0.356 e. The number of aromatic nitrogens is 2. The Morgan fingerprint density at radius 2 is 1.95 bits per heavy atom. The molecule has 1 fully saturated rings. The third-order valence-electron chi connectivity index (χ3n) is 3.44. The molecule has 1 aliphatic rings. The van der Waals surface area contributed by atoms with Crippen LogP contribution in [0.25, 0.3) is 0 Å². The number of halogens is 1. The van der Waals surface area contributed by atoms with Crippen molar-refractivity contribution in [3.8, 4) is 0 Å². The van der Waals surface area contributed by atoms with Gasteiger partial charge in [-0.15, -0.1) is 0 Å². The van der Waals surface area contributed by atoms with E-state index in [1.54, 1.807) is 6.07 Å². The first kappa shape index (κ1) is 14.2. The molecule has 0 aliphatic carbocycles. The van der Waals surface area contributed by atoms with Crippen LogP contribution in [0, 0.1) is 3.57 Å². The zero-order chi connectivity index (χ0) is 14.7. The number of carbonyl (C=O) groups is 1. The maximum Gasteiger partial charge on any atom is 0.257 e. The fourth-order valence-corrected chi connectivity index (χ4v) is 3.00. The number of hydrogen-bond acceptors (Lipinski definition) is 4. The Labute approximate surface area is 136 Å². The quantitative estimate of drug-likeness (QED) is 0.814. The average molecular weight is 394 g/mol. The largest absolute Gasteiger partial charge is 0.356 e. The molecule has 1 aromatic heterocycles. The Morgan fingerprint density at radius 3 is 2.71 bits per heavy atom. The molecule has 2 aromatic rings. The van der Waals surface area contributed by atoms with Gasteiger partial charge in [0, 0.05) is 22.7 Å². The summed E-state index contributed by atoms with van der Waals surface area (Å²) in [7, 11) is 0. The van der Waals surface area contributed by atoms with Crippen molar-refractivity contribution in [2.45, 2.75) is 12.8 Å². The van der Waals surface area contributed by atoms with Gasteiger partial charge in [-0.25, -0.2) is 9.97 Å². The smallest absolute Gasteiger partial charge is 0.257 e. The van der Waals surface area contributed by atoms with Gasteiger partial charge >= 0.3 is 0 Å². The van der Waals surface area contributed by atoms with Crippen molar-refractivity contribution >= 4 is 40.1 Å². The minimum atomic E-state index is -0.147. The Bertz CT molecular complexity index is 656. The van der Waals surface area contributed by atoms with Crippen molar-refractivity contribution in [2.24, 2.45) is 0 Å². The fraction of sp³-hybridized carbons (Fsp3) is 0.267. The van der Waals surface area contributed by atoms with E-state index in [9.17, 15) is 4.79 Å². The number of nitrogens with one attached hydrogen (secondary N) is 1. The summed E-state index contributed by atoms with van der Waals surface area (Å²) in [6, 6.07) is 9.31. The van der Waals surface area contributed by atoms with Gasteiger partial charge in [0.25, 0.3) is 5.91 Å². The van der Waals surface area contributed by atoms with Gasteiger partial charge in [-0.3, -0.25) is 4.79 Å². The summed E-state index contributed by atoms with van der Waals surface area (Å²) in [6.45, 7) is 2.03. The summed E-state index contributed by atoms with van der Waals surface area (Å²) < 4.78 is 0.918. The zero-order valence-corrected chi connectivity index (χ0v) is 13.6. The van der Waals surface area contributed by atoms with Crippen LogP contribution < -0.4 is 10.2 Å². The van der Waals surface area contributed by atoms with E-state index >= 15 is 0 Å². The lowest BCUT2D eigenvalue weighted by Crippen LogP contribution is -2.20. The molecule has 1 amide bonds. The summed E-state index contributed by atoms with van der Waals surface area (Å²) in [4.78, 5) is 22.9. The van der Waals surface area contributed by atoms with E-state index in [1.807, 2.05) is 24.3 Å². The van der Waals surface area contributed by atoms with Gasteiger partial charge < -0.3 is 10.2 Å². The second kappa shape index (κ2) is 6.38. The van der Waals surface area contributed by atoms with E-state index in [1.165, 1.54) is 19.2 Å². The lowest BCUT2D eigenvalue weighted by Gasteiger charge is -2.16. The molecule has 1 N–H and O–H groups in total. The van der Waals surface area contributed by atoms with Crippen LogP contribution in [0.15, 0.2) is 36.7 Å². The highest BCUT2D eigenvalue weighted by Crippen LogP contribution is 2.20. The zero-order valence-electron chi connectivity index (χ0n) is 11.4. The van der Waals surface area contributed by atoms with Gasteiger partial charge in [0.15, 0.2) is 0 Å². The Hall–Kier alpha value is -1.70. The first-order chi connectivity index (χ1) is 10.2. The van der Waals surface area contributed by atoms with Crippen LogP contribution in [0.5, 0.6) is 0 Å². The molecule has 1 aliphatic heterocycles. The van der Waals surface area contributed by atoms with Crippen LogP contribution in [0.3, 0.4) is 0 Å². The highest BCUT2D eigenvalue weighted by Gasteiger charge is 2.15. The van der Waals surface area contributed by atoms with Crippen molar-refractivity contribution in [3.05, 3.63) is 45.8 Å². The van der Waals surface area contributed by atoms with Gasteiger partial charge in [-0.1, -0.05) is 12.1 Å². The number of anilines is 2. The standard InChI is InChI=1S/C15H15IN4O/c16-12-6-2-1-5-11(12)15(21)19-13-9-14(18-10-17-13)20-7-3-4-8-20/h1-2,5-6,9-10H,3-4,7-8H2,(H,17,18,19,21). The van der Waals surface area contributed by atoms with Crippen LogP contribution in [-0.4, -0.2) is 29.0 Å². The molecule has 5 nitrogen and oxygen atoms in total. The first-order valence-electron chi connectivity index (χ1n) is 6.87. The maximum absolute atomic E-state index is 12.3. The van der Waals surface area contributed by atoms with E-state index in [0.717, 1.165) is 22.5 Å². The summed E-state index contributed by atoms with van der Waals surface area (Å²) >= 11 is 2.15. The molecule has 2 heterocycles. The molecule has 0 atom stereocenters. The molecule has 1 saturated heterocycles. The second-order valence-corrected chi connectivity index (χ2v) is 6.05. The molecule has 0 bridgehead atoms. The lowest BCUT2D eigenvalue weighted by atomic mass is 10.2. The summed E-state index contributed by atoms with van der Waals surface area (Å²) in [6.07, 6.45) is 3.88. The number of rotatable bonds is 3. The average Bonchev–Trinajstić information content (AvgIpc) is 3.02. The molecular weight excluding hydrogens is 379 g/mol. The van der Waals surface area contributed by atoms with Crippen LogP contribution in [0.2, 0.25) is 0 Å². The van der Waals surface area contributed by atoms with E-state index in [2.05, 4.69) is 42.8 Å². The van der Waals surface area contributed by atoms with Gasteiger partial charge in [-0.2, -0.15) is 0 Å². The number of hydrogen-bond donors (Lipinski definition) is 1. The van der Waals surface area contributed by atoms with Crippen molar-refractivity contribution in [3.63, 3.8) is 0 Å². The SMILES string of the molecule is O=C(Nc1cc(N2CCCC2)ncn1)c1ccccc1I. The van der Waals surface area contributed by atoms with Gasteiger partial charge in [0.05, 0.1) is 5.56 Å². The molecule has 0 spiro atoms. The van der Waals surface area contributed by atoms with Crippen LogP contribution in [-0.2, 0) is 0 Å². The van der Waals surface area contributed by atoms with E-state index in [4.69, 9.17) is 0 Å². The lowest BCUT2D eigenvalue weighted by molar-refractivity contribution is 0.102. The monoisotopic (exact) mass is 394 g/mol. The molecule has 0 radical (unpaired) electrons. The predicted octanol–water partition coefficient (Wildman–Crippen LogP) is 2.93. The molecule has 21 heavy (non-hydrogen) atoms. The molecule has 108 valence electrons. The molecule has 1 aromatic carbocycles. The highest BCUT2D eigenvalue weighted by atomic mass is 127. The van der Waals surface area contributed by atoms with Gasteiger partial charge in [0.2, 0.25) is 0 Å². The second-order valence-electron chi connectivity index (χ2n) is 4.89. The molecule has 3 rings (SSSR count). The number of benzene rings is 1. The number of nitrogens with zero attached hydrogens (tertiary/aromatic N) is 3. The van der Waals surface area contributed by atoms with Crippen molar-refractivity contribution < 1.29 is 4.79 Å². The topological polar surface area (TPSA) is 58.1 Å². The fourth-order valence-electron chi connectivity index (χ4n) is 2.36. The van der Waals surface area contributed by atoms with E-state index in [-0.39, 0.29) is 5.91 Å². The highest BCUT2D eigenvalue weighted by molar-refractivity contribution is 14.1. The summed E-state index contributed by atoms with van der Waals surface area (Å²) in [5, 5.41) is 2.84. The molecule has 6 heteroatoms. The van der Waals surface area contributed by atoms with Crippen molar-refractivity contribution in [1.29, 1.82) is 0 Å². The molecule has 0 unspecified atom stereocenters. The van der Waals surface area contributed by atoms with E-state index in [0.29, 0.717) is 11.4 Å². The van der Waals surface area contributed by atoms with Gasteiger partial charge in [0.1, 0.15) is 18.0 Å². The van der Waals surface area contributed by atoms with Crippen LogP contribution in [0.4, 0.5) is 11.6 Å². The van der Waals surface area contributed by atoms with E-state index < -0.39 is 0 Å². The number of carbonyl (C=O) groups excluding carboxylic acids is 1. The molecular formula is C15H15IN4O. The maximum atomic E-state index is 12.3. The van der Waals surface area contributed by atoms with Crippen molar-refractivity contribution in [1.82, 2.24) is 9.97 Å². The Kier molecular flexibility index (Phi) is 4.33. The Balaban J connectivity index is 1.77. The third-order valence-corrected chi connectivity index (χ3v) is 4.38. The molecule has 0 saturated carbocycles. The van der Waals surface area contributed by atoms with Crippen LogP contribution >= 0.6 is 22.6 Å². The normalized spacial score (nSPS) is 14.2. The van der Waals surface area contributed by atoms with Crippen LogP contribution in [0.1, 0.15) is 23.2 Å². The third kappa shape index (κ3) is 3.31. The summed E-state index contributed by atoms with van der Waals surface area (Å²) in [5.74, 6) is 1.27. The number of amides is 1. The Morgan fingerprint density at radius 1 is 1.19 bits per heavy atom. The first-order valence-corrected chi connectivity index (χ1v) is 7.95. The minimum absolute atomic E-state index is 0.147.